The highest BCUT2D eigenvalue weighted by Gasteiger charge is 2.32. The molecule has 0 aromatic carbocycles. The molecular weight excluding hydrogens is 408 g/mol. The van der Waals surface area contributed by atoms with E-state index in [-0.39, 0.29) is 0 Å². The van der Waals surface area contributed by atoms with E-state index in [2.05, 4.69) is 31.4 Å². The van der Waals surface area contributed by atoms with Gasteiger partial charge in [-0.15, -0.1) is 11.3 Å². The van der Waals surface area contributed by atoms with Gasteiger partial charge in [0.05, 0.1) is 19.8 Å². The standard InChI is InChI=1S/C21H32N2O4S2/c1-7-21(3,4)13-8-10-14(11-9-13)22-20(28)23-17-15(18(24)26-5)12(2)16(29-17)19(25)27-6/h13-14H,7-11H2,1-6H3,(H2,22,23,28). The molecule has 6 nitrogen and oxygen atoms in total. The van der Waals surface area contributed by atoms with E-state index < -0.39 is 11.9 Å². The predicted octanol–water partition coefficient (Wildman–Crippen LogP) is 4.91. The van der Waals surface area contributed by atoms with Crippen molar-refractivity contribution in [3.63, 3.8) is 0 Å². The topological polar surface area (TPSA) is 76.7 Å². The molecule has 0 bridgehead atoms. The Morgan fingerprint density at radius 1 is 1.14 bits per heavy atom. The molecule has 0 unspecified atom stereocenters. The van der Waals surface area contributed by atoms with Crippen LogP contribution in [0.25, 0.3) is 0 Å². The highest BCUT2D eigenvalue weighted by atomic mass is 32.1. The van der Waals surface area contributed by atoms with Crippen molar-refractivity contribution in [3.05, 3.63) is 16.0 Å². The summed E-state index contributed by atoms with van der Waals surface area (Å²) in [5, 5.41) is 7.41. The summed E-state index contributed by atoms with van der Waals surface area (Å²) in [6, 6.07) is 0.307. The highest BCUT2D eigenvalue weighted by Crippen LogP contribution is 2.40. The van der Waals surface area contributed by atoms with Crippen LogP contribution in [0.5, 0.6) is 0 Å². The van der Waals surface area contributed by atoms with Gasteiger partial charge >= 0.3 is 11.9 Å². The maximum Gasteiger partial charge on any atom is 0.348 e. The number of hydrogen-bond acceptors (Lipinski definition) is 6. The maximum absolute atomic E-state index is 12.2. The molecule has 0 saturated heterocycles. The first-order valence-electron chi connectivity index (χ1n) is 10.0. The van der Waals surface area contributed by atoms with Gasteiger partial charge in [-0.1, -0.05) is 27.2 Å². The summed E-state index contributed by atoms with van der Waals surface area (Å²) in [4.78, 5) is 24.6. The van der Waals surface area contributed by atoms with Gasteiger partial charge in [-0.05, 0) is 61.7 Å². The Bertz CT molecular complexity index is 765. The molecule has 0 aliphatic heterocycles. The van der Waals surface area contributed by atoms with Crippen LogP contribution in [-0.4, -0.2) is 37.3 Å². The van der Waals surface area contributed by atoms with Gasteiger partial charge in [0.2, 0.25) is 0 Å². The number of rotatable bonds is 6. The molecule has 1 aliphatic rings. The van der Waals surface area contributed by atoms with Gasteiger partial charge in [0, 0.05) is 6.04 Å². The van der Waals surface area contributed by atoms with E-state index in [0.29, 0.717) is 37.6 Å². The van der Waals surface area contributed by atoms with E-state index in [0.717, 1.165) is 30.1 Å². The number of carbonyl (C=O) groups excluding carboxylic acids is 2. The first kappa shape index (κ1) is 23.6. The molecule has 2 rings (SSSR count). The van der Waals surface area contributed by atoms with Crippen molar-refractivity contribution >= 4 is 45.6 Å². The molecule has 1 aliphatic carbocycles. The number of anilines is 1. The Balaban J connectivity index is 2.06. The zero-order chi connectivity index (χ0) is 21.8. The van der Waals surface area contributed by atoms with E-state index in [1.165, 1.54) is 33.5 Å². The monoisotopic (exact) mass is 440 g/mol. The molecule has 29 heavy (non-hydrogen) atoms. The Labute approximate surface area is 182 Å². The number of esters is 2. The van der Waals surface area contributed by atoms with Gasteiger partial charge < -0.3 is 20.1 Å². The third-order valence-corrected chi connectivity index (χ3v) is 7.62. The van der Waals surface area contributed by atoms with Crippen LogP contribution in [0.1, 0.15) is 78.5 Å². The highest BCUT2D eigenvalue weighted by molar-refractivity contribution is 7.80. The molecule has 1 saturated carbocycles. The second kappa shape index (κ2) is 9.89. The maximum atomic E-state index is 12.2. The number of thiocarbonyl (C=S) groups is 1. The quantitative estimate of drug-likeness (QED) is 0.481. The van der Waals surface area contributed by atoms with Gasteiger partial charge in [-0.3, -0.25) is 0 Å². The third-order valence-electron chi connectivity index (χ3n) is 6.21. The molecule has 1 heterocycles. The fraction of sp³-hybridized carbons (Fsp3) is 0.667. The van der Waals surface area contributed by atoms with Crippen molar-refractivity contribution in [2.75, 3.05) is 19.5 Å². The molecular formula is C21H32N2O4S2. The second-order valence-corrected chi connectivity index (χ2v) is 9.66. The van der Waals surface area contributed by atoms with E-state index in [9.17, 15) is 9.59 Å². The van der Waals surface area contributed by atoms with Crippen molar-refractivity contribution < 1.29 is 19.1 Å². The summed E-state index contributed by atoms with van der Waals surface area (Å²) in [7, 11) is 2.63. The van der Waals surface area contributed by atoms with Crippen molar-refractivity contribution in [3.8, 4) is 0 Å². The van der Waals surface area contributed by atoms with Crippen LogP contribution in [0.4, 0.5) is 5.00 Å². The lowest BCUT2D eigenvalue weighted by Gasteiger charge is -2.39. The zero-order valence-corrected chi connectivity index (χ0v) is 19.8. The first-order chi connectivity index (χ1) is 13.6. The SMILES string of the molecule is CCC(C)(C)C1CCC(NC(=S)Nc2sc(C(=O)OC)c(C)c2C(=O)OC)CC1. The van der Waals surface area contributed by atoms with Crippen molar-refractivity contribution in [1.29, 1.82) is 0 Å². The summed E-state index contributed by atoms with van der Waals surface area (Å²) in [5.74, 6) is -0.261. The van der Waals surface area contributed by atoms with Gasteiger partial charge in [0.25, 0.3) is 0 Å². The van der Waals surface area contributed by atoms with Crippen LogP contribution in [0.2, 0.25) is 0 Å². The molecule has 8 heteroatoms. The van der Waals surface area contributed by atoms with Crippen LogP contribution in [-0.2, 0) is 9.47 Å². The van der Waals surface area contributed by atoms with Crippen molar-refractivity contribution in [2.45, 2.75) is 65.8 Å². The van der Waals surface area contributed by atoms with Gasteiger partial charge in [0.15, 0.2) is 5.11 Å². The van der Waals surface area contributed by atoms with Gasteiger partial charge in [0.1, 0.15) is 9.88 Å². The normalized spacial score (nSPS) is 19.4. The van der Waals surface area contributed by atoms with E-state index in [1.54, 1.807) is 6.92 Å². The number of carbonyl (C=O) groups is 2. The Morgan fingerprint density at radius 3 is 2.24 bits per heavy atom. The second-order valence-electron chi connectivity index (χ2n) is 8.23. The van der Waals surface area contributed by atoms with E-state index >= 15 is 0 Å². The average molecular weight is 441 g/mol. The minimum atomic E-state index is -0.512. The lowest BCUT2D eigenvalue weighted by atomic mass is 9.69. The lowest BCUT2D eigenvalue weighted by molar-refractivity contribution is 0.0601. The van der Waals surface area contributed by atoms with Gasteiger partial charge in [-0.25, -0.2) is 9.59 Å². The Kier molecular flexibility index (Phi) is 8.05. The minimum absolute atomic E-state index is 0.307. The summed E-state index contributed by atoms with van der Waals surface area (Å²) in [6.07, 6.45) is 5.68. The van der Waals surface area contributed by atoms with Crippen LogP contribution < -0.4 is 10.6 Å². The Hall–Kier alpha value is -1.67. The van der Waals surface area contributed by atoms with Gasteiger partial charge in [-0.2, -0.15) is 0 Å². The Morgan fingerprint density at radius 2 is 1.72 bits per heavy atom. The fourth-order valence-electron chi connectivity index (χ4n) is 3.87. The molecule has 0 radical (unpaired) electrons. The minimum Gasteiger partial charge on any atom is -0.465 e. The number of ether oxygens (including phenoxy) is 2. The number of nitrogens with one attached hydrogen (secondary N) is 2. The van der Waals surface area contributed by atoms with Crippen LogP contribution in [0.3, 0.4) is 0 Å². The zero-order valence-electron chi connectivity index (χ0n) is 18.1. The summed E-state index contributed by atoms with van der Waals surface area (Å²) >= 11 is 6.63. The van der Waals surface area contributed by atoms with Crippen molar-refractivity contribution in [1.82, 2.24) is 5.32 Å². The van der Waals surface area contributed by atoms with E-state index in [4.69, 9.17) is 21.7 Å². The average Bonchev–Trinajstić information content (AvgIpc) is 3.02. The van der Waals surface area contributed by atoms with Crippen LogP contribution in [0.15, 0.2) is 0 Å². The molecule has 0 atom stereocenters. The molecule has 1 fully saturated rings. The summed E-state index contributed by atoms with van der Waals surface area (Å²) in [5.41, 5.74) is 1.22. The third kappa shape index (κ3) is 5.48. The predicted molar refractivity (Wildman–Crippen MR) is 121 cm³/mol. The summed E-state index contributed by atoms with van der Waals surface area (Å²) < 4.78 is 9.70. The fourth-order valence-corrected chi connectivity index (χ4v) is 5.32. The van der Waals surface area contributed by atoms with Crippen molar-refractivity contribution in [2.24, 2.45) is 11.3 Å². The number of thiophene rings is 1. The largest absolute Gasteiger partial charge is 0.465 e. The molecule has 1 aromatic rings. The molecule has 1 aromatic heterocycles. The number of hydrogen-bond donors (Lipinski definition) is 2. The number of methoxy groups -OCH3 is 2. The molecule has 2 N–H and O–H groups in total. The first-order valence-corrected chi connectivity index (χ1v) is 11.2. The molecule has 0 spiro atoms. The molecule has 162 valence electrons. The van der Waals surface area contributed by atoms with Crippen LogP contribution >= 0.6 is 23.6 Å². The summed E-state index contributed by atoms with van der Waals surface area (Å²) in [6.45, 7) is 8.66. The van der Waals surface area contributed by atoms with Crippen LogP contribution in [0, 0.1) is 18.3 Å². The smallest absolute Gasteiger partial charge is 0.348 e. The molecule has 0 amide bonds. The van der Waals surface area contributed by atoms with E-state index in [1.807, 2.05) is 0 Å². The lowest BCUT2D eigenvalue weighted by Crippen LogP contribution is -2.41.